The number of rotatable bonds is 4. The molecule has 1 amide bonds. The van der Waals surface area contributed by atoms with Crippen LogP contribution in [-0.2, 0) is 0 Å². The standard InChI is InChI=1S/C10H14FN3O/c1-14(4-2-3-12)10(15)8-5-9(11)7-13-6-8/h5-7H,2-4,12H2,1H3. The van der Waals surface area contributed by atoms with Gasteiger partial charge in [0.15, 0.2) is 0 Å². The van der Waals surface area contributed by atoms with Gasteiger partial charge in [-0.15, -0.1) is 0 Å². The van der Waals surface area contributed by atoms with Crippen LogP contribution in [0.15, 0.2) is 18.5 Å². The van der Waals surface area contributed by atoms with Crippen molar-refractivity contribution in [2.75, 3.05) is 20.1 Å². The molecule has 0 radical (unpaired) electrons. The van der Waals surface area contributed by atoms with Crippen LogP contribution in [0.2, 0.25) is 0 Å². The summed E-state index contributed by atoms with van der Waals surface area (Å²) in [6, 6.07) is 1.17. The minimum Gasteiger partial charge on any atom is -0.342 e. The van der Waals surface area contributed by atoms with E-state index in [0.29, 0.717) is 13.1 Å². The first-order valence-electron chi connectivity index (χ1n) is 4.71. The zero-order valence-electron chi connectivity index (χ0n) is 8.61. The molecule has 15 heavy (non-hydrogen) atoms. The molecule has 0 aromatic carbocycles. The van der Waals surface area contributed by atoms with E-state index in [1.165, 1.54) is 17.2 Å². The van der Waals surface area contributed by atoms with Crippen molar-refractivity contribution >= 4 is 5.91 Å². The number of nitrogens with two attached hydrogens (primary N) is 1. The maximum absolute atomic E-state index is 12.8. The molecule has 0 saturated heterocycles. The lowest BCUT2D eigenvalue weighted by Crippen LogP contribution is -2.29. The summed E-state index contributed by atoms with van der Waals surface area (Å²) in [6.07, 6.45) is 3.14. The van der Waals surface area contributed by atoms with E-state index < -0.39 is 5.82 Å². The highest BCUT2D eigenvalue weighted by Crippen LogP contribution is 2.04. The summed E-state index contributed by atoms with van der Waals surface area (Å²) in [7, 11) is 1.66. The van der Waals surface area contributed by atoms with Gasteiger partial charge in [-0.05, 0) is 19.0 Å². The Morgan fingerprint density at radius 3 is 2.93 bits per heavy atom. The van der Waals surface area contributed by atoms with E-state index in [0.717, 1.165) is 12.6 Å². The third-order valence-corrected chi connectivity index (χ3v) is 2.00. The molecule has 0 atom stereocenters. The number of amides is 1. The highest BCUT2D eigenvalue weighted by atomic mass is 19.1. The van der Waals surface area contributed by atoms with Crippen LogP contribution in [0.3, 0.4) is 0 Å². The quantitative estimate of drug-likeness (QED) is 0.795. The number of nitrogens with zero attached hydrogens (tertiary/aromatic N) is 2. The molecule has 4 nitrogen and oxygen atoms in total. The molecule has 2 N–H and O–H groups in total. The van der Waals surface area contributed by atoms with Gasteiger partial charge in [-0.3, -0.25) is 9.78 Å². The highest BCUT2D eigenvalue weighted by molar-refractivity contribution is 5.93. The van der Waals surface area contributed by atoms with E-state index in [2.05, 4.69) is 4.98 Å². The van der Waals surface area contributed by atoms with Crippen LogP contribution >= 0.6 is 0 Å². The van der Waals surface area contributed by atoms with Crippen molar-refractivity contribution < 1.29 is 9.18 Å². The van der Waals surface area contributed by atoms with E-state index in [1.807, 2.05) is 0 Å². The van der Waals surface area contributed by atoms with E-state index in [9.17, 15) is 9.18 Å². The molecule has 0 spiro atoms. The molecule has 1 heterocycles. The molecule has 1 aromatic heterocycles. The Kier molecular flexibility index (Phi) is 4.17. The van der Waals surface area contributed by atoms with Crippen LogP contribution in [0.1, 0.15) is 16.8 Å². The van der Waals surface area contributed by atoms with E-state index in [-0.39, 0.29) is 11.5 Å². The van der Waals surface area contributed by atoms with Crippen LogP contribution in [-0.4, -0.2) is 35.9 Å². The van der Waals surface area contributed by atoms with Crippen LogP contribution in [0, 0.1) is 5.82 Å². The van der Waals surface area contributed by atoms with E-state index in [4.69, 9.17) is 5.73 Å². The molecule has 82 valence electrons. The molecule has 5 heteroatoms. The molecule has 0 saturated carbocycles. The summed E-state index contributed by atoms with van der Waals surface area (Å²) in [4.78, 5) is 16.8. The SMILES string of the molecule is CN(CCCN)C(=O)c1cncc(F)c1. The Morgan fingerprint density at radius 2 is 2.33 bits per heavy atom. The predicted octanol–water partition coefficient (Wildman–Crippen LogP) is 0.641. The van der Waals surface area contributed by atoms with Gasteiger partial charge in [0.1, 0.15) is 5.82 Å². The van der Waals surface area contributed by atoms with Gasteiger partial charge in [-0.25, -0.2) is 4.39 Å². The number of hydrogen-bond acceptors (Lipinski definition) is 3. The van der Waals surface area contributed by atoms with Crippen molar-refractivity contribution in [2.45, 2.75) is 6.42 Å². The summed E-state index contributed by atoms with van der Waals surface area (Å²) in [6.45, 7) is 1.09. The van der Waals surface area contributed by atoms with E-state index in [1.54, 1.807) is 7.05 Å². The van der Waals surface area contributed by atoms with Crippen LogP contribution in [0.5, 0.6) is 0 Å². The van der Waals surface area contributed by atoms with Gasteiger partial charge >= 0.3 is 0 Å². The lowest BCUT2D eigenvalue weighted by Gasteiger charge is -2.16. The van der Waals surface area contributed by atoms with Crippen molar-refractivity contribution in [3.63, 3.8) is 0 Å². The molecular formula is C10H14FN3O. The number of carbonyl (C=O) groups excluding carboxylic acids is 1. The summed E-state index contributed by atoms with van der Waals surface area (Å²) in [5, 5.41) is 0. The van der Waals surface area contributed by atoms with Crippen molar-refractivity contribution in [3.8, 4) is 0 Å². The fourth-order valence-electron chi connectivity index (χ4n) is 1.18. The average molecular weight is 211 g/mol. The number of pyridine rings is 1. The lowest BCUT2D eigenvalue weighted by atomic mass is 10.2. The molecule has 0 bridgehead atoms. The van der Waals surface area contributed by atoms with Gasteiger partial charge in [-0.1, -0.05) is 0 Å². The molecule has 1 rings (SSSR count). The van der Waals surface area contributed by atoms with Gasteiger partial charge < -0.3 is 10.6 Å². The molecule has 0 aliphatic rings. The average Bonchev–Trinajstić information content (AvgIpc) is 2.24. The number of carbonyl (C=O) groups is 1. The van der Waals surface area contributed by atoms with Crippen LogP contribution in [0.4, 0.5) is 4.39 Å². The van der Waals surface area contributed by atoms with Gasteiger partial charge in [0.2, 0.25) is 0 Å². The topological polar surface area (TPSA) is 59.2 Å². The molecular weight excluding hydrogens is 197 g/mol. The zero-order chi connectivity index (χ0) is 11.3. The Hall–Kier alpha value is -1.49. The first-order valence-corrected chi connectivity index (χ1v) is 4.71. The fourth-order valence-corrected chi connectivity index (χ4v) is 1.18. The second-order valence-corrected chi connectivity index (χ2v) is 3.26. The van der Waals surface area contributed by atoms with Gasteiger partial charge in [0.25, 0.3) is 5.91 Å². The first-order chi connectivity index (χ1) is 7.15. The van der Waals surface area contributed by atoms with Crippen molar-refractivity contribution in [1.29, 1.82) is 0 Å². The van der Waals surface area contributed by atoms with Gasteiger partial charge in [0, 0.05) is 19.8 Å². The number of aromatic nitrogens is 1. The normalized spacial score (nSPS) is 10.1. The van der Waals surface area contributed by atoms with Gasteiger partial charge in [0.05, 0.1) is 11.8 Å². The maximum atomic E-state index is 12.8. The third-order valence-electron chi connectivity index (χ3n) is 2.00. The number of hydrogen-bond donors (Lipinski definition) is 1. The molecule has 0 fully saturated rings. The van der Waals surface area contributed by atoms with Crippen molar-refractivity contribution in [1.82, 2.24) is 9.88 Å². The van der Waals surface area contributed by atoms with Crippen LogP contribution < -0.4 is 5.73 Å². The minimum atomic E-state index is -0.506. The second kappa shape index (κ2) is 5.41. The Balaban J connectivity index is 2.67. The molecule has 0 aliphatic heterocycles. The molecule has 0 unspecified atom stereocenters. The maximum Gasteiger partial charge on any atom is 0.255 e. The van der Waals surface area contributed by atoms with Crippen LogP contribution in [0.25, 0.3) is 0 Å². The highest BCUT2D eigenvalue weighted by Gasteiger charge is 2.11. The van der Waals surface area contributed by atoms with Gasteiger partial charge in [-0.2, -0.15) is 0 Å². The summed E-state index contributed by atoms with van der Waals surface area (Å²) >= 11 is 0. The summed E-state index contributed by atoms with van der Waals surface area (Å²) in [5.41, 5.74) is 5.59. The monoisotopic (exact) mass is 211 g/mol. The molecule has 0 aliphatic carbocycles. The minimum absolute atomic E-state index is 0.240. The zero-order valence-corrected chi connectivity index (χ0v) is 8.61. The Morgan fingerprint density at radius 1 is 1.60 bits per heavy atom. The fraction of sp³-hybridized carbons (Fsp3) is 0.400. The lowest BCUT2D eigenvalue weighted by molar-refractivity contribution is 0.0793. The second-order valence-electron chi connectivity index (χ2n) is 3.26. The Labute approximate surface area is 87.9 Å². The molecule has 1 aromatic rings. The Bertz CT molecular complexity index is 343. The largest absolute Gasteiger partial charge is 0.342 e. The van der Waals surface area contributed by atoms with E-state index >= 15 is 0 Å². The number of halogens is 1. The van der Waals surface area contributed by atoms with Crippen molar-refractivity contribution in [2.24, 2.45) is 5.73 Å². The summed E-state index contributed by atoms with van der Waals surface area (Å²) < 4.78 is 12.8. The first kappa shape index (κ1) is 11.6. The smallest absolute Gasteiger partial charge is 0.255 e. The summed E-state index contributed by atoms with van der Waals surface area (Å²) in [5.74, 6) is -0.747. The van der Waals surface area contributed by atoms with Crippen molar-refractivity contribution in [3.05, 3.63) is 29.8 Å². The predicted molar refractivity (Wildman–Crippen MR) is 54.8 cm³/mol. The third kappa shape index (κ3) is 3.28.